The first-order chi connectivity index (χ1) is 13.7. The maximum Gasteiger partial charge on any atom is 0.221 e. The Balaban J connectivity index is 1.65. The summed E-state index contributed by atoms with van der Waals surface area (Å²) in [6.45, 7) is 4.75. The smallest absolute Gasteiger partial charge is 0.221 e. The average molecular weight is 378 g/mol. The molecule has 28 heavy (non-hydrogen) atoms. The molecule has 3 aromatic rings. The van der Waals surface area contributed by atoms with Crippen LogP contribution in [0.3, 0.4) is 0 Å². The Morgan fingerprint density at radius 3 is 2.79 bits per heavy atom. The minimum absolute atomic E-state index is 0.0876. The fourth-order valence-electron chi connectivity index (χ4n) is 3.31. The number of carbonyl (C=O) groups is 1. The molecule has 1 aromatic carbocycles. The van der Waals surface area contributed by atoms with Crippen molar-refractivity contribution in [2.24, 2.45) is 0 Å². The quantitative estimate of drug-likeness (QED) is 0.637. The van der Waals surface area contributed by atoms with Crippen LogP contribution in [0.1, 0.15) is 39.5 Å². The van der Waals surface area contributed by atoms with Gasteiger partial charge in [-0.2, -0.15) is 0 Å². The number of para-hydroxylation sites is 1. The third-order valence-electron chi connectivity index (χ3n) is 5.18. The molecule has 0 spiro atoms. The van der Waals surface area contributed by atoms with Gasteiger partial charge < -0.3 is 14.6 Å². The number of hydrogen-bond acceptors (Lipinski definition) is 5. The van der Waals surface area contributed by atoms with Crippen LogP contribution in [0.25, 0.3) is 22.5 Å². The van der Waals surface area contributed by atoms with Crippen molar-refractivity contribution in [2.75, 3.05) is 11.4 Å². The molecule has 1 aliphatic carbocycles. The van der Waals surface area contributed by atoms with E-state index < -0.39 is 0 Å². The molecule has 6 heteroatoms. The van der Waals surface area contributed by atoms with Gasteiger partial charge in [0.1, 0.15) is 5.82 Å². The van der Waals surface area contributed by atoms with Crippen molar-refractivity contribution < 1.29 is 9.21 Å². The molecule has 1 N–H and O–H groups in total. The molecule has 2 heterocycles. The van der Waals surface area contributed by atoms with Gasteiger partial charge in [0.05, 0.1) is 11.8 Å². The van der Waals surface area contributed by atoms with Crippen LogP contribution in [-0.2, 0) is 4.79 Å². The van der Waals surface area contributed by atoms with E-state index in [1.54, 1.807) is 6.26 Å². The second-order valence-electron chi connectivity index (χ2n) is 7.42. The highest BCUT2D eigenvalue weighted by Crippen LogP contribution is 2.35. The van der Waals surface area contributed by atoms with Gasteiger partial charge in [0, 0.05) is 30.4 Å². The molecule has 2 aromatic heterocycles. The van der Waals surface area contributed by atoms with Gasteiger partial charge in [0.25, 0.3) is 0 Å². The van der Waals surface area contributed by atoms with Crippen LogP contribution < -0.4 is 10.2 Å². The minimum atomic E-state index is 0.0876. The predicted octanol–water partition coefficient (Wildman–Crippen LogP) is 4.16. The fraction of sp³-hybridized carbons (Fsp3) is 0.409. The van der Waals surface area contributed by atoms with E-state index in [1.807, 2.05) is 43.3 Å². The molecule has 4 rings (SSSR count). The molecule has 0 aliphatic heterocycles. The number of nitrogens with zero attached hydrogens (tertiary/aromatic N) is 3. The highest BCUT2D eigenvalue weighted by atomic mass is 16.3. The number of hydrogen-bond donors (Lipinski definition) is 1. The van der Waals surface area contributed by atoms with Crippen molar-refractivity contribution in [3.63, 3.8) is 0 Å². The zero-order valence-corrected chi connectivity index (χ0v) is 16.4. The number of anilines is 1. The SMILES string of the molecule is CCC(C)NC(=O)CCN(c1nc(-c2ccco2)nc2ccccc12)C1CC1. The monoisotopic (exact) mass is 378 g/mol. The summed E-state index contributed by atoms with van der Waals surface area (Å²) in [5.41, 5.74) is 0.883. The molecule has 1 amide bonds. The predicted molar refractivity (Wildman–Crippen MR) is 110 cm³/mol. The van der Waals surface area contributed by atoms with E-state index in [2.05, 4.69) is 22.1 Å². The lowest BCUT2D eigenvalue weighted by molar-refractivity contribution is -0.121. The van der Waals surface area contributed by atoms with Gasteiger partial charge in [-0.05, 0) is 50.5 Å². The summed E-state index contributed by atoms with van der Waals surface area (Å²) in [6, 6.07) is 12.4. The number of carbonyl (C=O) groups excluding carboxylic acids is 1. The molecule has 146 valence electrons. The number of benzene rings is 1. The van der Waals surface area contributed by atoms with E-state index in [1.165, 1.54) is 0 Å². The zero-order valence-electron chi connectivity index (χ0n) is 16.4. The minimum Gasteiger partial charge on any atom is -0.461 e. The largest absolute Gasteiger partial charge is 0.461 e. The number of amides is 1. The van der Waals surface area contributed by atoms with Gasteiger partial charge in [-0.3, -0.25) is 4.79 Å². The second kappa shape index (κ2) is 8.00. The lowest BCUT2D eigenvalue weighted by Gasteiger charge is -2.25. The summed E-state index contributed by atoms with van der Waals surface area (Å²) in [5.74, 6) is 2.20. The van der Waals surface area contributed by atoms with Crippen LogP contribution in [-0.4, -0.2) is 34.5 Å². The highest BCUT2D eigenvalue weighted by Gasteiger charge is 2.32. The van der Waals surface area contributed by atoms with Gasteiger partial charge in [-0.1, -0.05) is 19.1 Å². The van der Waals surface area contributed by atoms with Crippen LogP contribution in [0.5, 0.6) is 0 Å². The Hall–Kier alpha value is -2.89. The second-order valence-corrected chi connectivity index (χ2v) is 7.42. The van der Waals surface area contributed by atoms with Crippen LogP contribution in [0.15, 0.2) is 47.1 Å². The lowest BCUT2D eigenvalue weighted by atomic mass is 10.2. The normalized spacial score (nSPS) is 14.8. The number of furan rings is 1. The average Bonchev–Trinajstić information content (AvgIpc) is 3.39. The van der Waals surface area contributed by atoms with E-state index in [0.29, 0.717) is 30.6 Å². The highest BCUT2D eigenvalue weighted by molar-refractivity contribution is 5.91. The van der Waals surface area contributed by atoms with Crippen molar-refractivity contribution in [2.45, 2.75) is 51.6 Å². The molecular weight excluding hydrogens is 352 g/mol. The number of nitrogens with one attached hydrogen (secondary N) is 1. The van der Waals surface area contributed by atoms with Crippen molar-refractivity contribution in [1.82, 2.24) is 15.3 Å². The molecule has 1 saturated carbocycles. The summed E-state index contributed by atoms with van der Waals surface area (Å²) < 4.78 is 5.53. The lowest BCUT2D eigenvalue weighted by Crippen LogP contribution is -2.36. The molecular formula is C22H26N4O2. The van der Waals surface area contributed by atoms with E-state index in [0.717, 1.165) is 36.0 Å². The van der Waals surface area contributed by atoms with Crippen LogP contribution in [0.2, 0.25) is 0 Å². The van der Waals surface area contributed by atoms with E-state index in [-0.39, 0.29) is 11.9 Å². The topological polar surface area (TPSA) is 71.3 Å². The molecule has 1 atom stereocenters. The summed E-state index contributed by atoms with van der Waals surface area (Å²) in [7, 11) is 0. The maximum absolute atomic E-state index is 12.3. The Bertz CT molecular complexity index is 950. The van der Waals surface area contributed by atoms with Crippen molar-refractivity contribution in [1.29, 1.82) is 0 Å². The van der Waals surface area contributed by atoms with Crippen LogP contribution >= 0.6 is 0 Å². The third kappa shape index (κ3) is 4.01. The molecule has 1 unspecified atom stereocenters. The van der Waals surface area contributed by atoms with Crippen LogP contribution in [0, 0.1) is 0 Å². The Morgan fingerprint density at radius 2 is 2.07 bits per heavy atom. The molecule has 0 saturated heterocycles. The van der Waals surface area contributed by atoms with E-state index in [4.69, 9.17) is 9.40 Å². The third-order valence-corrected chi connectivity index (χ3v) is 5.18. The van der Waals surface area contributed by atoms with E-state index in [9.17, 15) is 4.79 Å². The van der Waals surface area contributed by atoms with Crippen molar-refractivity contribution in [3.05, 3.63) is 42.7 Å². The Morgan fingerprint density at radius 1 is 1.25 bits per heavy atom. The summed E-state index contributed by atoms with van der Waals surface area (Å²) in [6.07, 6.45) is 5.27. The molecule has 1 aliphatic rings. The first-order valence-electron chi connectivity index (χ1n) is 10.0. The van der Waals surface area contributed by atoms with Crippen LogP contribution in [0.4, 0.5) is 5.82 Å². The number of aromatic nitrogens is 2. The summed E-state index contributed by atoms with van der Waals surface area (Å²) in [4.78, 5) is 24.1. The van der Waals surface area contributed by atoms with Gasteiger partial charge in [-0.15, -0.1) is 0 Å². The number of rotatable bonds is 8. The maximum atomic E-state index is 12.3. The first-order valence-corrected chi connectivity index (χ1v) is 10.0. The van der Waals surface area contributed by atoms with Gasteiger partial charge in [0.2, 0.25) is 5.91 Å². The fourth-order valence-corrected chi connectivity index (χ4v) is 3.31. The van der Waals surface area contributed by atoms with E-state index >= 15 is 0 Å². The van der Waals surface area contributed by atoms with Crippen molar-refractivity contribution >= 4 is 22.6 Å². The zero-order chi connectivity index (χ0) is 19.5. The van der Waals surface area contributed by atoms with Crippen molar-refractivity contribution in [3.8, 4) is 11.6 Å². The molecule has 6 nitrogen and oxygen atoms in total. The van der Waals surface area contributed by atoms with Gasteiger partial charge in [0.15, 0.2) is 11.6 Å². The first kappa shape index (κ1) is 18.5. The molecule has 1 fully saturated rings. The summed E-state index contributed by atoms with van der Waals surface area (Å²) in [5, 5.41) is 4.06. The Kier molecular flexibility index (Phi) is 5.28. The number of fused-ring (bicyclic) bond motifs is 1. The molecule has 0 bridgehead atoms. The van der Waals surface area contributed by atoms with Gasteiger partial charge >= 0.3 is 0 Å². The molecule has 0 radical (unpaired) electrons. The Labute approximate surface area is 165 Å². The summed E-state index contributed by atoms with van der Waals surface area (Å²) >= 11 is 0. The standard InChI is InChI=1S/C22H26N4O2/c1-3-15(2)23-20(27)12-13-26(16-10-11-16)22-17-7-4-5-8-18(17)24-21(25-22)19-9-6-14-28-19/h4-9,14-16H,3,10-13H2,1-2H3,(H,23,27). The van der Waals surface area contributed by atoms with Gasteiger partial charge in [-0.25, -0.2) is 9.97 Å².